The molecule has 0 saturated heterocycles. The van der Waals surface area contributed by atoms with Crippen molar-refractivity contribution in [3.8, 4) is 0 Å². The Kier molecular flexibility index (Phi) is 5.66. The summed E-state index contributed by atoms with van der Waals surface area (Å²) in [6.45, 7) is 5.91. The van der Waals surface area contributed by atoms with Gasteiger partial charge in [-0.15, -0.1) is 10.2 Å². The highest BCUT2D eigenvalue weighted by Gasteiger charge is 2.17. The van der Waals surface area contributed by atoms with Crippen molar-refractivity contribution in [2.45, 2.75) is 34.7 Å². The van der Waals surface area contributed by atoms with Crippen LogP contribution in [0.3, 0.4) is 0 Å². The fourth-order valence-corrected chi connectivity index (χ4v) is 4.30. The van der Waals surface area contributed by atoms with Crippen molar-refractivity contribution < 1.29 is 4.79 Å². The zero-order chi connectivity index (χ0) is 15.4. The van der Waals surface area contributed by atoms with Gasteiger partial charge in [-0.3, -0.25) is 4.79 Å². The lowest BCUT2D eigenvalue weighted by molar-refractivity contribution is -0.115. The van der Waals surface area contributed by atoms with Gasteiger partial charge in [0.2, 0.25) is 5.91 Å². The van der Waals surface area contributed by atoms with Crippen molar-refractivity contribution in [3.05, 3.63) is 29.3 Å². The van der Waals surface area contributed by atoms with Gasteiger partial charge < -0.3 is 5.32 Å². The summed E-state index contributed by atoms with van der Waals surface area (Å²) in [5.74, 6) is -0.0205. The third-order valence-corrected chi connectivity index (χ3v) is 5.93. The van der Waals surface area contributed by atoms with E-state index in [9.17, 15) is 4.79 Å². The first-order chi connectivity index (χ1) is 9.99. The van der Waals surface area contributed by atoms with Gasteiger partial charge in [0.25, 0.3) is 0 Å². The summed E-state index contributed by atoms with van der Waals surface area (Å²) in [7, 11) is 0. The molecule has 0 aliphatic rings. The number of nitrogens with one attached hydrogen (secondary N) is 1. The zero-order valence-electron chi connectivity index (χ0n) is 12.3. The predicted molar refractivity (Wildman–Crippen MR) is 91.6 cm³/mol. The van der Waals surface area contributed by atoms with Crippen LogP contribution in [0.4, 0.5) is 5.69 Å². The minimum absolute atomic E-state index is 0.0205. The Morgan fingerprint density at radius 3 is 2.62 bits per heavy atom. The highest BCUT2D eigenvalue weighted by Crippen LogP contribution is 2.30. The Morgan fingerprint density at radius 1 is 1.29 bits per heavy atom. The average Bonchev–Trinajstić information content (AvgIpc) is 2.89. The number of carbonyl (C=O) groups excluding carboxylic acids is 1. The van der Waals surface area contributed by atoms with E-state index in [1.807, 2.05) is 39.2 Å². The van der Waals surface area contributed by atoms with E-state index < -0.39 is 0 Å². The van der Waals surface area contributed by atoms with Crippen molar-refractivity contribution in [2.24, 2.45) is 0 Å². The first kappa shape index (κ1) is 16.3. The number of nitrogens with zero attached hydrogens (tertiary/aromatic N) is 2. The fourth-order valence-electron chi connectivity index (χ4n) is 1.72. The van der Waals surface area contributed by atoms with Crippen LogP contribution in [-0.4, -0.2) is 27.6 Å². The minimum atomic E-state index is -0.214. The third-order valence-electron chi connectivity index (χ3n) is 2.85. The first-order valence-corrected chi connectivity index (χ1v) is 9.34. The Balaban J connectivity index is 1.99. The van der Waals surface area contributed by atoms with Crippen molar-refractivity contribution >= 4 is 46.5 Å². The third kappa shape index (κ3) is 4.46. The number of hydrogen-bond acceptors (Lipinski definition) is 6. The number of amides is 1. The first-order valence-electron chi connectivity index (χ1n) is 6.42. The lowest BCUT2D eigenvalue weighted by Crippen LogP contribution is -2.22. The van der Waals surface area contributed by atoms with E-state index in [1.165, 1.54) is 28.7 Å². The largest absolute Gasteiger partial charge is 0.325 e. The smallest absolute Gasteiger partial charge is 0.237 e. The molecule has 7 heteroatoms. The van der Waals surface area contributed by atoms with E-state index in [2.05, 4.69) is 21.6 Å². The van der Waals surface area contributed by atoms with Crippen molar-refractivity contribution in [2.75, 3.05) is 11.6 Å². The second-order valence-corrected chi connectivity index (χ2v) is 8.22. The highest BCUT2D eigenvalue weighted by molar-refractivity contribution is 8.03. The predicted octanol–water partition coefficient (Wildman–Crippen LogP) is 4.00. The number of aryl methyl sites for hydroxylation is 2. The number of benzene rings is 1. The summed E-state index contributed by atoms with van der Waals surface area (Å²) in [5, 5.41) is 10.9. The van der Waals surface area contributed by atoms with Gasteiger partial charge in [-0.25, -0.2) is 0 Å². The second kappa shape index (κ2) is 7.29. The van der Waals surface area contributed by atoms with Crippen LogP contribution in [0, 0.1) is 13.8 Å². The van der Waals surface area contributed by atoms with Gasteiger partial charge in [0.1, 0.15) is 0 Å². The molecule has 1 aromatic carbocycles. The molecule has 112 valence electrons. The summed E-state index contributed by atoms with van der Waals surface area (Å²) in [4.78, 5) is 12.2. The Bertz CT molecular complexity index is 642. The van der Waals surface area contributed by atoms with Gasteiger partial charge >= 0.3 is 0 Å². The molecule has 1 atom stereocenters. The molecule has 0 aliphatic carbocycles. The topological polar surface area (TPSA) is 54.9 Å². The van der Waals surface area contributed by atoms with Gasteiger partial charge in [-0.1, -0.05) is 52.6 Å². The molecule has 21 heavy (non-hydrogen) atoms. The molecule has 2 rings (SSSR count). The normalized spacial score (nSPS) is 12.2. The summed E-state index contributed by atoms with van der Waals surface area (Å²) < 4.78 is 1.74. The number of hydrogen-bond donors (Lipinski definition) is 1. The van der Waals surface area contributed by atoms with E-state index in [0.717, 1.165) is 19.9 Å². The average molecular weight is 340 g/mol. The van der Waals surface area contributed by atoms with Crippen LogP contribution >= 0.6 is 34.9 Å². The Morgan fingerprint density at radius 2 is 2.00 bits per heavy atom. The van der Waals surface area contributed by atoms with Crippen LogP contribution < -0.4 is 5.32 Å². The molecule has 2 aromatic rings. The van der Waals surface area contributed by atoms with Crippen LogP contribution in [0.2, 0.25) is 0 Å². The molecular formula is C14H17N3OS3. The molecule has 1 unspecified atom stereocenters. The van der Waals surface area contributed by atoms with Gasteiger partial charge in [-0.2, -0.15) is 0 Å². The van der Waals surface area contributed by atoms with Crippen molar-refractivity contribution in [1.82, 2.24) is 10.2 Å². The van der Waals surface area contributed by atoms with Crippen molar-refractivity contribution in [3.63, 3.8) is 0 Å². The van der Waals surface area contributed by atoms with Gasteiger partial charge in [-0.05, 0) is 38.7 Å². The lowest BCUT2D eigenvalue weighted by atomic mass is 10.1. The molecule has 1 N–H and O–H groups in total. The molecule has 4 nitrogen and oxygen atoms in total. The minimum Gasteiger partial charge on any atom is -0.325 e. The van der Waals surface area contributed by atoms with Gasteiger partial charge in [0.15, 0.2) is 8.68 Å². The zero-order valence-corrected chi connectivity index (χ0v) is 14.8. The maximum Gasteiger partial charge on any atom is 0.237 e. The van der Waals surface area contributed by atoms with Crippen LogP contribution in [0.15, 0.2) is 26.9 Å². The van der Waals surface area contributed by atoms with Gasteiger partial charge in [0, 0.05) is 5.69 Å². The molecule has 0 fully saturated rings. The SMILES string of the molecule is CSc1nnc(SC(C)C(=O)Nc2ccc(C)cc2C)s1. The van der Waals surface area contributed by atoms with E-state index in [4.69, 9.17) is 0 Å². The van der Waals surface area contributed by atoms with Crippen LogP contribution in [0.5, 0.6) is 0 Å². The molecule has 0 spiro atoms. The Labute approximate surface area is 137 Å². The van der Waals surface area contributed by atoms with E-state index >= 15 is 0 Å². The quantitative estimate of drug-likeness (QED) is 0.835. The Hall–Kier alpha value is -1.05. The molecule has 0 saturated carbocycles. The summed E-state index contributed by atoms with van der Waals surface area (Å²) in [5.41, 5.74) is 3.12. The molecule has 0 bridgehead atoms. The maximum atomic E-state index is 12.2. The number of rotatable bonds is 5. The molecule has 1 heterocycles. The molecule has 1 amide bonds. The lowest BCUT2D eigenvalue weighted by Gasteiger charge is -2.12. The van der Waals surface area contributed by atoms with Crippen LogP contribution in [0.1, 0.15) is 18.1 Å². The second-order valence-electron chi connectivity index (χ2n) is 4.61. The van der Waals surface area contributed by atoms with E-state index in [1.54, 1.807) is 11.8 Å². The summed E-state index contributed by atoms with van der Waals surface area (Å²) in [6.07, 6.45) is 1.96. The van der Waals surface area contributed by atoms with Crippen LogP contribution in [-0.2, 0) is 4.79 Å². The van der Waals surface area contributed by atoms with Crippen LogP contribution in [0.25, 0.3) is 0 Å². The fraction of sp³-hybridized carbons (Fsp3) is 0.357. The summed E-state index contributed by atoms with van der Waals surface area (Å²) in [6, 6.07) is 6.00. The number of carbonyl (C=O) groups is 1. The van der Waals surface area contributed by atoms with E-state index in [-0.39, 0.29) is 11.2 Å². The number of aromatic nitrogens is 2. The molecule has 0 radical (unpaired) electrons. The molecule has 0 aliphatic heterocycles. The molecular weight excluding hydrogens is 322 g/mol. The summed E-state index contributed by atoms with van der Waals surface area (Å²) >= 11 is 4.51. The van der Waals surface area contributed by atoms with Gasteiger partial charge in [0.05, 0.1) is 5.25 Å². The van der Waals surface area contributed by atoms with Crippen molar-refractivity contribution in [1.29, 1.82) is 0 Å². The number of anilines is 1. The van der Waals surface area contributed by atoms with E-state index in [0.29, 0.717) is 0 Å². The highest BCUT2D eigenvalue weighted by atomic mass is 32.2. The number of thioether (sulfide) groups is 2. The molecule has 1 aromatic heterocycles. The monoisotopic (exact) mass is 339 g/mol. The maximum absolute atomic E-state index is 12.2. The standard InChI is InChI=1S/C14H17N3OS3/c1-8-5-6-11(9(2)7-8)15-12(18)10(3)20-14-17-16-13(19-4)21-14/h5-7,10H,1-4H3,(H,15,18).